The molecule has 0 spiro atoms. The Hall–Kier alpha value is -3.36. The van der Waals surface area contributed by atoms with Gasteiger partial charge in [0.15, 0.2) is 0 Å². The zero-order chi connectivity index (χ0) is 21.7. The van der Waals surface area contributed by atoms with Crippen LogP contribution in [0.15, 0.2) is 35.5 Å². The predicted octanol–water partition coefficient (Wildman–Crippen LogP) is 1.88. The Morgan fingerprint density at radius 2 is 1.97 bits per heavy atom. The third-order valence-corrected chi connectivity index (χ3v) is 4.96. The zero-order valence-electron chi connectivity index (χ0n) is 17.0. The summed E-state index contributed by atoms with van der Waals surface area (Å²) in [5.41, 5.74) is 1.35. The van der Waals surface area contributed by atoms with Crippen LogP contribution in [0.25, 0.3) is 0 Å². The first-order chi connectivity index (χ1) is 14.4. The van der Waals surface area contributed by atoms with Crippen molar-refractivity contribution in [3.63, 3.8) is 0 Å². The monoisotopic (exact) mass is 415 g/mol. The molecule has 30 heavy (non-hydrogen) atoms. The van der Waals surface area contributed by atoms with Crippen LogP contribution in [0, 0.1) is 0 Å². The normalized spacial score (nSPS) is 18.7. The van der Waals surface area contributed by atoms with Crippen molar-refractivity contribution >= 4 is 29.6 Å². The van der Waals surface area contributed by atoms with E-state index in [1.807, 2.05) is 6.92 Å². The molecule has 0 saturated carbocycles. The van der Waals surface area contributed by atoms with Gasteiger partial charge in [0.25, 0.3) is 0 Å². The number of hydrogen-bond acceptors (Lipinski definition) is 6. The summed E-state index contributed by atoms with van der Waals surface area (Å²) in [5.74, 6) is -1.18. The number of anilines is 1. The number of esters is 2. The number of hydrogen-bond donors (Lipinski definition) is 2. The molecule has 1 aromatic carbocycles. The summed E-state index contributed by atoms with van der Waals surface area (Å²) < 4.78 is 10.4. The molecule has 0 aliphatic carbocycles. The summed E-state index contributed by atoms with van der Waals surface area (Å²) in [4.78, 5) is 50.5. The molecular formula is C21H25N3O6. The van der Waals surface area contributed by atoms with Crippen LogP contribution in [0.1, 0.15) is 43.5 Å². The van der Waals surface area contributed by atoms with Crippen LogP contribution < -0.4 is 15.5 Å². The van der Waals surface area contributed by atoms with Gasteiger partial charge in [0.1, 0.15) is 6.61 Å². The fourth-order valence-corrected chi connectivity index (χ4v) is 3.52. The summed E-state index contributed by atoms with van der Waals surface area (Å²) >= 11 is 0. The topological polar surface area (TPSA) is 114 Å². The molecule has 1 aromatic rings. The molecule has 0 radical (unpaired) electrons. The number of nitrogens with one attached hydrogen (secondary N) is 2. The second kappa shape index (κ2) is 9.43. The van der Waals surface area contributed by atoms with E-state index in [-0.39, 0.29) is 36.0 Å². The quantitative estimate of drug-likeness (QED) is 0.658. The van der Waals surface area contributed by atoms with Gasteiger partial charge in [0.2, 0.25) is 5.91 Å². The molecule has 2 N–H and O–H groups in total. The smallest absolute Gasteiger partial charge is 0.338 e. The minimum Gasteiger partial charge on any atom is -0.463 e. The summed E-state index contributed by atoms with van der Waals surface area (Å²) in [6.45, 7) is 4.02. The molecule has 9 nitrogen and oxygen atoms in total. The molecule has 1 atom stereocenters. The zero-order valence-corrected chi connectivity index (χ0v) is 17.0. The first kappa shape index (κ1) is 21.4. The molecule has 1 fully saturated rings. The highest BCUT2D eigenvalue weighted by molar-refractivity contribution is 5.98. The Labute approximate surface area is 174 Å². The lowest BCUT2D eigenvalue weighted by Gasteiger charge is -2.28. The van der Waals surface area contributed by atoms with Gasteiger partial charge in [-0.3, -0.25) is 4.79 Å². The lowest BCUT2D eigenvalue weighted by molar-refractivity contribution is -0.139. The van der Waals surface area contributed by atoms with Crippen molar-refractivity contribution < 1.29 is 28.7 Å². The summed E-state index contributed by atoms with van der Waals surface area (Å²) in [6, 6.07) is 5.62. The van der Waals surface area contributed by atoms with Gasteiger partial charge in [-0.2, -0.15) is 0 Å². The Bertz CT molecular complexity index is 894. The fourth-order valence-electron chi connectivity index (χ4n) is 3.52. The van der Waals surface area contributed by atoms with Crippen LogP contribution in [-0.4, -0.2) is 49.7 Å². The molecule has 1 saturated heterocycles. The van der Waals surface area contributed by atoms with E-state index in [0.29, 0.717) is 25.1 Å². The molecule has 0 bridgehead atoms. The SMILES string of the molecule is CCOC(=O)C1=C(COC(=O)c2cccc(N3CCCC3=O)c2)NC(=O)N[C@H]1CC. The summed E-state index contributed by atoms with van der Waals surface area (Å²) in [5, 5.41) is 5.20. The Kier molecular flexibility index (Phi) is 6.71. The van der Waals surface area contributed by atoms with E-state index in [2.05, 4.69) is 10.6 Å². The number of rotatable bonds is 7. The van der Waals surface area contributed by atoms with Crippen molar-refractivity contribution in [1.29, 1.82) is 0 Å². The largest absolute Gasteiger partial charge is 0.463 e. The molecule has 2 aliphatic heterocycles. The maximum Gasteiger partial charge on any atom is 0.338 e. The number of benzene rings is 1. The number of amides is 3. The lowest BCUT2D eigenvalue weighted by Crippen LogP contribution is -2.51. The average molecular weight is 415 g/mol. The lowest BCUT2D eigenvalue weighted by atomic mass is 10.0. The average Bonchev–Trinajstić information content (AvgIpc) is 3.17. The number of carbonyl (C=O) groups is 4. The van der Waals surface area contributed by atoms with Crippen molar-refractivity contribution in [2.24, 2.45) is 0 Å². The first-order valence-electron chi connectivity index (χ1n) is 9.99. The Morgan fingerprint density at radius 3 is 2.63 bits per heavy atom. The Balaban J connectivity index is 1.77. The highest BCUT2D eigenvalue weighted by Crippen LogP contribution is 2.23. The van der Waals surface area contributed by atoms with Crippen LogP contribution in [0.2, 0.25) is 0 Å². The van der Waals surface area contributed by atoms with Crippen molar-refractivity contribution in [1.82, 2.24) is 10.6 Å². The highest BCUT2D eigenvalue weighted by atomic mass is 16.5. The molecular weight excluding hydrogens is 390 g/mol. The van der Waals surface area contributed by atoms with Crippen LogP contribution in [-0.2, 0) is 19.1 Å². The number of nitrogens with zero attached hydrogens (tertiary/aromatic N) is 1. The van der Waals surface area contributed by atoms with E-state index >= 15 is 0 Å². The molecule has 160 valence electrons. The Morgan fingerprint density at radius 1 is 1.17 bits per heavy atom. The van der Waals surface area contributed by atoms with E-state index in [0.717, 1.165) is 6.42 Å². The van der Waals surface area contributed by atoms with E-state index in [1.54, 1.807) is 36.1 Å². The van der Waals surface area contributed by atoms with Gasteiger partial charge in [0.05, 0.1) is 29.5 Å². The van der Waals surface area contributed by atoms with Crippen molar-refractivity contribution in [3.05, 3.63) is 41.1 Å². The second-order valence-electron chi connectivity index (χ2n) is 6.95. The predicted molar refractivity (Wildman–Crippen MR) is 108 cm³/mol. The molecule has 0 unspecified atom stereocenters. The van der Waals surface area contributed by atoms with Crippen LogP contribution in [0.3, 0.4) is 0 Å². The second-order valence-corrected chi connectivity index (χ2v) is 6.95. The number of ether oxygens (including phenoxy) is 2. The van der Waals surface area contributed by atoms with Crippen molar-refractivity contribution in [3.8, 4) is 0 Å². The molecule has 2 aliphatic rings. The first-order valence-corrected chi connectivity index (χ1v) is 9.99. The molecule has 2 heterocycles. The standard InChI is InChI=1S/C21H25N3O6/c1-3-15-18(20(27)29-4-2)16(23-21(28)22-15)12-30-19(26)13-7-5-8-14(11-13)24-10-6-9-17(24)25/h5,7-8,11,15H,3-4,6,9-10,12H2,1-2H3,(H2,22,23,28)/t15-/m0/s1. The van der Waals surface area contributed by atoms with E-state index < -0.39 is 24.0 Å². The van der Waals surface area contributed by atoms with E-state index in [9.17, 15) is 19.2 Å². The van der Waals surface area contributed by atoms with E-state index in [1.165, 1.54) is 0 Å². The summed E-state index contributed by atoms with van der Waals surface area (Å²) in [6.07, 6.45) is 1.75. The van der Waals surface area contributed by atoms with Gasteiger partial charge in [0, 0.05) is 18.7 Å². The van der Waals surface area contributed by atoms with Crippen molar-refractivity contribution in [2.75, 3.05) is 24.7 Å². The molecule has 3 rings (SSSR count). The van der Waals surface area contributed by atoms with Crippen LogP contribution >= 0.6 is 0 Å². The van der Waals surface area contributed by atoms with Crippen molar-refractivity contribution in [2.45, 2.75) is 39.2 Å². The van der Waals surface area contributed by atoms with Gasteiger partial charge in [-0.05, 0) is 38.0 Å². The van der Waals surface area contributed by atoms with Gasteiger partial charge >= 0.3 is 18.0 Å². The minimum atomic E-state index is -0.625. The number of carbonyl (C=O) groups excluding carboxylic acids is 4. The molecule has 9 heteroatoms. The van der Waals surface area contributed by atoms with Crippen LogP contribution in [0.5, 0.6) is 0 Å². The van der Waals surface area contributed by atoms with Gasteiger partial charge in [-0.25, -0.2) is 14.4 Å². The van der Waals surface area contributed by atoms with Gasteiger partial charge in [-0.1, -0.05) is 13.0 Å². The van der Waals surface area contributed by atoms with Gasteiger partial charge in [-0.15, -0.1) is 0 Å². The molecule has 3 amide bonds. The van der Waals surface area contributed by atoms with E-state index in [4.69, 9.17) is 9.47 Å². The van der Waals surface area contributed by atoms with Gasteiger partial charge < -0.3 is 25.0 Å². The maximum atomic E-state index is 12.6. The maximum absolute atomic E-state index is 12.6. The molecule has 0 aromatic heterocycles. The van der Waals surface area contributed by atoms with Crippen LogP contribution in [0.4, 0.5) is 10.5 Å². The highest BCUT2D eigenvalue weighted by Gasteiger charge is 2.32. The summed E-state index contributed by atoms with van der Waals surface area (Å²) in [7, 11) is 0. The minimum absolute atomic E-state index is 0.0211. The third-order valence-electron chi connectivity index (χ3n) is 4.96. The number of urea groups is 1. The fraction of sp³-hybridized carbons (Fsp3) is 0.429. The third kappa shape index (κ3) is 4.61.